The molecular weight excluding hydrogens is 150 g/mol. The van der Waals surface area contributed by atoms with Gasteiger partial charge in [0.2, 0.25) is 0 Å². The van der Waals surface area contributed by atoms with E-state index in [0.29, 0.717) is 12.0 Å². The van der Waals surface area contributed by atoms with Crippen molar-refractivity contribution in [3.8, 4) is 0 Å². The average molecular weight is 169 g/mol. The standard InChI is InChI=1S/C9H19N3/c1-7(12-9(10)11-2)8-5-3-4-6-8/h7-8H,3-6H2,1-2H3,(H3,10,11,12)/t7-/m1/s1. The smallest absolute Gasteiger partial charge is 0.188 e. The minimum atomic E-state index is 0.483. The number of hydrogen-bond acceptors (Lipinski definition) is 1. The van der Waals surface area contributed by atoms with Crippen LogP contribution in [0.1, 0.15) is 32.6 Å². The highest BCUT2D eigenvalue weighted by Gasteiger charge is 2.21. The monoisotopic (exact) mass is 169 g/mol. The van der Waals surface area contributed by atoms with E-state index in [1.54, 1.807) is 7.05 Å². The second kappa shape index (κ2) is 4.33. The van der Waals surface area contributed by atoms with Crippen molar-refractivity contribution in [2.24, 2.45) is 16.6 Å². The first-order chi connectivity index (χ1) is 5.74. The van der Waals surface area contributed by atoms with E-state index in [1.165, 1.54) is 25.7 Å². The lowest BCUT2D eigenvalue weighted by Gasteiger charge is -2.20. The van der Waals surface area contributed by atoms with Gasteiger partial charge in [-0.3, -0.25) is 4.99 Å². The summed E-state index contributed by atoms with van der Waals surface area (Å²) in [5.74, 6) is 1.36. The molecule has 1 rings (SSSR count). The lowest BCUT2D eigenvalue weighted by Crippen LogP contribution is -2.41. The van der Waals surface area contributed by atoms with Gasteiger partial charge in [-0.25, -0.2) is 0 Å². The van der Waals surface area contributed by atoms with Crippen LogP contribution in [0, 0.1) is 5.92 Å². The third kappa shape index (κ3) is 2.40. The minimum absolute atomic E-state index is 0.483. The van der Waals surface area contributed by atoms with Crippen LogP contribution >= 0.6 is 0 Å². The highest BCUT2D eigenvalue weighted by atomic mass is 15.1. The van der Waals surface area contributed by atoms with E-state index in [0.717, 1.165) is 5.92 Å². The minimum Gasteiger partial charge on any atom is -0.370 e. The van der Waals surface area contributed by atoms with Crippen molar-refractivity contribution >= 4 is 5.96 Å². The molecule has 3 N–H and O–H groups in total. The maximum absolute atomic E-state index is 5.58. The Kier molecular flexibility index (Phi) is 3.38. The van der Waals surface area contributed by atoms with E-state index in [1.807, 2.05) is 0 Å². The molecule has 0 unspecified atom stereocenters. The summed E-state index contributed by atoms with van der Waals surface area (Å²) in [5.41, 5.74) is 5.58. The zero-order valence-electron chi connectivity index (χ0n) is 8.01. The Bertz CT molecular complexity index is 159. The van der Waals surface area contributed by atoms with E-state index in [9.17, 15) is 0 Å². The summed E-state index contributed by atoms with van der Waals surface area (Å²) in [4.78, 5) is 3.88. The molecule has 0 aliphatic heterocycles. The van der Waals surface area contributed by atoms with Crippen LogP contribution in [0.25, 0.3) is 0 Å². The van der Waals surface area contributed by atoms with E-state index in [2.05, 4.69) is 17.2 Å². The van der Waals surface area contributed by atoms with Gasteiger partial charge in [-0.2, -0.15) is 0 Å². The summed E-state index contributed by atoms with van der Waals surface area (Å²) in [6, 6.07) is 0.483. The molecule has 0 aromatic carbocycles. The molecule has 1 atom stereocenters. The third-order valence-electron chi connectivity index (χ3n) is 2.72. The highest BCUT2D eigenvalue weighted by Crippen LogP contribution is 2.27. The summed E-state index contributed by atoms with van der Waals surface area (Å²) < 4.78 is 0. The molecular formula is C9H19N3. The van der Waals surface area contributed by atoms with Crippen LogP contribution in [-0.2, 0) is 0 Å². The van der Waals surface area contributed by atoms with Crippen LogP contribution < -0.4 is 11.1 Å². The molecule has 0 spiro atoms. The third-order valence-corrected chi connectivity index (χ3v) is 2.72. The molecule has 0 radical (unpaired) electrons. The second-order valence-electron chi connectivity index (χ2n) is 3.59. The fourth-order valence-electron chi connectivity index (χ4n) is 1.87. The average Bonchev–Trinajstić information content (AvgIpc) is 2.56. The van der Waals surface area contributed by atoms with Crippen molar-refractivity contribution in [3.05, 3.63) is 0 Å². The predicted molar refractivity (Wildman–Crippen MR) is 52.1 cm³/mol. The van der Waals surface area contributed by atoms with Gasteiger partial charge in [0.1, 0.15) is 0 Å². The molecule has 0 bridgehead atoms. The van der Waals surface area contributed by atoms with Crippen molar-refractivity contribution in [1.29, 1.82) is 0 Å². The van der Waals surface area contributed by atoms with Crippen molar-refractivity contribution < 1.29 is 0 Å². The van der Waals surface area contributed by atoms with Crippen LogP contribution in [-0.4, -0.2) is 19.0 Å². The molecule has 1 aliphatic rings. The molecule has 0 saturated heterocycles. The fraction of sp³-hybridized carbons (Fsp3) is 0.889. The largest absolute Gasteiger partial charge is 0.370 e. The Balaban J connectivity index is 2.31. The van der Waals surface area contributed by atoms with Crippen LogP contribution in [0.5, 0.6) is 0 Å². The van der Waals surface area contributed by atoms with Crippen LogP contribution in [0.3, 0.4) is 0 Å². The maximum Gasteiger partial charge on any atom is 0.188 e. The summed E-state index contributed by atoms with van der Waals surface area (Å²) in [6.07, 6.45) is 5.43. The van der Waals surface area contributed by atoms with Gasteiger partial charge in [0.05, 0.1) is 0 Å². The van der Waals surface area contributed by atoms with Crippen molar-refractivity contribution in [2.75, 3.05) is 7.05 Å². The van der Waals surface area contributed by atoms with Gasteiger partial charge in [-0.1, -0.05) is 12.8 Å². The van der Waals surface area contributed by atoms with E-state index < -0.39 is 0 Å². The van der Waals surface area contributed by atoms with Gasteiger partial charge >= 0.3 is 0 Å². The Morgan fingerprint density at radius 3 is 2.58 bits per heavy atom. The SMILES string of the molecule is CN=C(N)N[C@H](C)C1CCCC1. The molecule has 0 aromatic heterocycles. The molecule has 0 heterocycles. The van der Waals surface area contributed by atoms with Gasteiger partial charge in [-0.15, -0.1) is 0 Å². The summed E-state index contributed by atoms with van der Waals surface area (Å²) in [7, 11) is 1.71. The van der Waals surface area contributed by atoms with E-state index >= 15 is 0 Å². The number of aliphatic imine (C=N–C) groups is 1. The van der Waals surface area contributed by atoms with Crippen LogP contribution in [0.2, 0.25) is 0 Å². The lowest BCUT2D eigenvalue weighted by atomic mass is 10.0. The zero-order valence-corrected chi connectivity index (χ0v) is 8.01. The number of guanidine groups is 1. The first-order valence-corrected chi connectivity index (χ1v) is 4.73. The first kappa shape index (κ1) is 9.36. The number of nitrogens with two attached hydrogens (primary N) is 1. The lowest BCUT2D eigenvalue weighted by molar-refractivity contribution is 0.425. The van der Waals surface area contributed by atoms with E-state index in [4.69, 9.17) is 5.73 Å². The van der Waals surface area contributed by atoms with Gasteiger partial charge < -0.3 is 11.1 Å². The summed E-state index contributed by atoms with van der Waals surface area (Å²) in [6.45, 7) is 2.19. The quantitative estimate of drug-likeness (QED) is 0.480. The molecule has 0 aromatic rings. The molecule has 0 amide bonds. The number of rotatable bonds is 2. The van der Waals surface area contributed by atoms with Crippen LogP contribution in [0.4, 0.5) is 0 Å². The van der Waals surface area contributed by atoms with Crippen LogP contribution in [0.15, 0.2) is 4.99 Å². The predicted octanol–water partition coefficient (Wildman–Crippen LogP) is 1.10. The number of nitrogens with zero attached hydrogens (tertiary/aromatic N) is 1. The summed E-state index contributed by atoms with van der Waals surface area (Å²) >= 11 is 0. The van der Waals surface area contributed by atoms with Gasteiger partial charge in [0.25, 0.3) is 0 Å². The van der Waals surface area contributed by atoms with Crippen molar-refractivity contribution in [1.82, 2.24) is 5.32 Å². The van der Waals surface area contributed by atoms with Gasteiger partial charge in [0, 0.05) is 13.1 Å². The molecule has 1 aliphatic carbocycles. The Hall–Kier alpha value is -0.730. The molecule has 1 fully saturated rings. The maximum atomic E-state index is 5.58. The Labute approximate surface area is 74.4 Å². The van der Waals surface area contributed by atoms with Crippen molar-refractivity contribution in [3.63, 3.8) is 0 Å². The highest BCUT2D eigenvalue weighted by molar-refractivity contribution is 5.77. The topological polar surface area (TPSA) is 50.4 Å². The van der Waals surface area contributed by atoms with Crippen molar-refractivity contribution in [2.45, 2.75) is 38.6 Å². The molecule has 70 valence electrons. The normalized spacial score (nSPS) is 22.7. The molecule has 1 saturated carbocycles. The first-order valence-electron chi connectivity index (χ1n) is 4.73. The summed E-state index contributed by atoms with van der Waals surface area (Å²) in [5, 5.41) is 3.20. The van der Waals surface area contributed by atoms with Gasteiger partial charge in [-0.05, 0) is 25.7 Å². The number of hydrogen-bond donors (Lipinski definition) is 2. The molecule has 3 nitrogen and oxygen atoms in total. The molecule has 12 heavy (non-hydrogen) atoms. The zero-order chi connectivity index (χ0) is 8.97. The Morgan fingerprint density at radius 2 is 2.08 bits per heavy atom. The fourth-order valence-corrected chi connectivity index (χ4v) is 1.87. The van der Waals surface area contributed by atoms with Gasteiger partial charge in [0.15, 0.2) is 5.96 Å². The molecule has 3 heteroatoms. The van der Waals surface area contributed by atoms with E-state index in [-0.39, 0.29) is 0 Å². The second-order valence-corrected chi connectivity index (χ2v) is 3.59. The Morgan fingerprint density at radius 1 is 1.50 bits per heavy atom. The number of nitrogens with one attached hydrogen (secondary N) is 1.